The molecule has 1 spiro atoms. The van der Waals surface area contributed by atoms with Crippen LogP contribution in [0.5, 0.6) is 0 Å². The maximum Gasteiger partial charge on any atom is 0.223 e. The first-order chi connectivity index (χ1) is 9.31. The largest absolute Gasteiger partial charge is 0.337 e. The van der Waals surface area contributed by atoms with Crippen molar-refractivity contribution in [2.24, 2.45) is 0 Å². The maximum atomic E-state index is 6.07. The summed E-state index contributed by atoms with van der Waals surface area (Å²) in [6, 6.07) is 16.4. The van der Waals surface area contributed by atoms with Gasteiger partial charge in [-0.25, -0.2) is 0 Å². The van der Waals surface area contributed by atoms with E-state index < -0.39 is 5.79 Å². The zero-order valence-electron chi connectivity index (χ0n) is 10.6. The standard InChI is InChI=1S/C17H14O2/c1-12-15-8-4-2-6-13(15)10-18-17(12)16-9-5-3-7-14(16)11-19-17/h2-9H,1,10-11H2. The van der Waals surface area contributed by atoms with Crippen LogP contribution in [0.2, 0.25) is 0 Å². The van der Waals surface area contributed by atoms with Gasteiger partial charge in [-0.05, 0) is 16.7 Å². The maximum absolute atomic E-state index is 6.07. The van der Waals surface area contributed by atoms with Crippen molar-refractivity contribution in [1.29, 1.82) is 0 Å². The summed E-state index contributed by atoms with van der Waals surface area (Å²) >= 11 is 0. The molecule has 0 saturated carbocycles. The molecule has 2 aromatic rings. The monoisotopic (exact) mass is 250 g/mol. The van der Waals surface area contributed by atoms with E-state index in [1.54, 1.807) is 0 Å². The van der Waals surface area contributed by atoms with Crippen molar-refractivity contribution < 1.29 is 9.47 Å². The number of benzene rings is 2. The first kappa shape index (κ1) is 11.0. The molecule has 1 unspecified atom stereocenters. The van der Waals surface area contributed by atoms with Crippen LogP contribution in [-0.4, -0.2) is 0 Å². The fourth-order valence-electron chi connectivity index (χ4n) is 2.98. The second-order valence-corrected chi connectivity index (χ2v) is 4.99. The van der Waals surface area contributed by atoms with Gasteiger partial charge in [-0.1, -0.05) is 55.1 Å². The fourth-order valence-corrected chi connectivity index (χ4v) is 2.98. The summed E-state index contributed by atoms with van der Waals surface area (Å²) in [6.45, 7) is 5.38. The Balaban J connectivity index is 1.90. The Labute approximate surface area is 112 Å². The van der Waals surface area contributed by atoms with Crippen molar-refractivity contribution in [3.8, 4) is 0 Å². The quantitative estimate of drug-likeness (QED) is 0.711. The third-order valence-electron chi connectivity index (χ3n) is 3.97. The lowest BCUT2D eigenvalue weighted by Crippen LogP contribution is -2.34. The number of hydrogen-bond donors (Lipinski definition) is 0. The molecule has 2 aliphatic heterocycles. The average Bonchev–Trinajstić information content (AvgIpc) is 2.84. The van der Waals surface area contributed by atoms with Crippen LogP contribution in [-0.2, 0) is 28.5 Å². The Morgan fingerprint density at radius 3 is 2.32 bits per heavy atom. The molecule has 4 rings (SSSR count). The predicted octanol–water partition coefficient (Wildman–Crippen LogP) is 3.61. The van der Waals surface area contributed by atoms with E-state index in [4.69, 9.17) is 9.47 Å². The highest BCUT2D eigenvalue weighted by Gasteiger charge is 2.46. The molecule has 2 nitrogen and oxygen atoms in total. The minimum Gasteiger partial charge on any atom is -0.337 e. The van der Waals surface area contributed by atoms with Gasteiger partial charge in [0.1, 0.15) is 0 Å². The molecule has 94 valence electrons. The Kier molecular flexibility index (Phi) is 2.19. The zero-order chi connectivity index (χ0) is 12.9. The van der Waals surface area contributed by atoms with Crippen molar-refractivity contribution in [3.05, 3.63) is 77.4 Å². The first-order valence-electron chi connectivity index (χ1n) is 6.45. The number of fused-ring (bicyclic) bond motifs is 3. The molecule has 19 heavy (non-hydrogen) atoms. The molecular weight excluding hydrogens is 236 g/mol. The molecular formula is C17H14O2. The van der Waals surface area contributed by atoms with Gasteiger partial charge in [0.25, 0.3) is 0 Å². The van der Waals surface area contributed by atoms with Crippen molar-refractivity contribution in [1.82, 2.24) is 0 Å². The molecule has 2 aliphatic rings. The highest BCUT2D eigenvalue weighted by molar-refractivity contribution is 5.75. The van der Waals surface area contributed by atoms with E-state index in [1.807, 2.05) is 24.3 Å². The molecule has 0 aromatic heterocycles. The second-order valence-electron chi connectivity index (χ2n) is 4.99. The van der Waals surface area contributed by atoms with E-state index in [-0.39, 0.29) is 0 Å². The van der Waals surface area contributed by atoms with E-state index in [0.29, 0.717) is 13.2 Å². The van der Waals surface area contributed by atoms with Crippen LogP contribution < -0.4 is 0 Å². The van der Waals surface area contributed by atoms with E-state index >= 15 is 0 Å². The molecule has 0 bridgehead atoms. The van der Waals surface area contributed by atoms with Crippen LogP contribution in [0, 0.1) is 0 Å². The lowest BCUT2D eigenvalue weighted by Gasteiger charge is -2.36. The highest BCUT2D eigenvalue weighted by Crippen LogP contribution is 2.49. The number of ether oxygens (including phenoxy) is 2. The summed E-state index contributed by atoms with van der Waals surface area (Å²) in [5.74, 6) is -0.787. The summed E-state index contributed by atoms with van der Waals surface area (Å²) in [6.07, 6.45) is 0. The smallest absolute Gasteiger partial charge is 0.223 e. The topological polar surface area (TPSA) is 18.5 Å². The molecule has 0 fully saturated rings. The van der Waals surface area contributed by atoms with Crippen molar-refractivity contribution in [3.63, 3.8) is 0 Å². The Morgan fingerprint density at radius 2 is 1.47 bits per heavy atom. The lowest BCUT2D eigenvalue weighted by atomic mass is 9.87. The first-order valence-corrected chi connectivity index (χ1v) is 6.45. The Bertz CT molecular complexity index is 674. The van der Waals surface area contributed by atoms with Gasteiger partial charge >= 0.3 is 0 Å². The molecule has 0 radical (unpaired) electrons. The van der Waals surface area contributed by atoms with E-state index in [2.05, 4.69) is 30.8 Å². The van der Waals surface area contributed by atoms with Gasteiger partial charge in [0.05, 0.1) is 13.2 Å². The van der Waals surface area contributed by atoms with E-state index in [9.17, 15) is 0 Å². The average molecular weight is 250 g/mol. The van der Waals surface area contributed by atoms with E-state index in [1.165, 1.54) is 11.1 Å². The van der Waals surface area contributed by atoms with Crippen LogP contribution >= 0.6 is 0 Å². The van der Waals surface area contributed by atoms with E-state index in [0.717, 1.165) is 16.7 Å². The summed E-state index contributed by atoms with van der Waals surface area (Å²) < 4.78 is 12.1. The van der Waals surface area contributed by atoms with Gasteiger partial charge in [0, 0.05) is 11.1 Å². The van der Waals surface area contributed by atoms with Gasteiger partial charge < -0.3 is 9.47 Å². The van der Waals surface area contributed by atoms with Crippen molar-refractivity contribution in [2.45, 2.75) is 19.0 Å². The second kappa shape index (κ2) is 3.80. The van der Waals surface area contributed by atoms with Gasteiger partial charge in [-0.2, -0.15) is 0 Å². The molecule has 0 saturated heterocycles. The number of hydrogen-bond acceptors (Lipinski definition) is 2. The molecule has 0 aliphatic carbocycles. The molecule has 2 heteroatoms. The SMILES string of the molecule is C=C1c2ccccc2COC12OCc1ccccc12. The van der Waals surface area contributed by atoms with Gasteiger partial charge in [-0.3, -0.25) is 0 Å². The molecule has 1 atom stereocenters. The lowest BCUT2D eigenvalue weighted by molar-refractivity contribution is -0.207. The van der Waals surface area contributed by atoms with Crippen LogP contribution in [0.1, 0.15) is 22.3 Å². The minimum absolute atomic E-state index is 0.559. The third kappa shape index (κ3) is 1.38. The predicted molar refractivity (Wildman–Crippen MR) is 73.2 cm³/mol. The minimum atomic E-state index is -0.787. The Morgan fingerprint density at radius 1 is 0.842 bits per heavy atom. The molecule has 2 heterocycles. The fraction of sp³-hybridized carbons (Fsp3) is 0.176. The van der Waals surface area contributed by atoms with Crippen LogP contribution in [0.4, 0.5) is 0 Å². The van der Waals surface area contributed by atoms with Crippen LogP contribution in [0.3, 0.4) is 0 Å². The Hall–Kier alpha value is -1.90. The summed E-state index contributed by atoms with van der Waals surface area (Å²) in [7, 11) is 0. The summed E-state index contributed by atoms with van der Waals surface area (Å²) in [5, 5.41) is 0. The van der Waals surface area contributed by atoms with Gasteiger partial charge in [0.2, 0.25) is 5.79 Å². The number of rotatable bonds is 0. The molecule has 0 N–H and O–H groups in total. The summed E-state index contributed by atoms with van der Waals surface area (Å²) in [5.41, 5.74) is 5.49. The highest BCUT2D eigenvalue weighted by atomic mass is 16.7. The zero-order valence-corrected chi connectivity index (χ0v) is 10.6. The molecule has 2 aromatic carbocycles. The van der Waals surface area contributed by atoms with Crippen molar-refractivity contribution >= 4 is 5.57 Å². The third-order valence-corrected chi connectivity index (χ3v) is 3.97. The van der Waals surface area contributed by atoms with Gasteiger partial charge in [-0.15, -0.1) is 0 Å². The summed E-state index contributed by atoms with van der Waals surface area (Å²) in [4.78, 5) is 0. The van der Waals surface area contributed by atoms with Gasteiger partial charge in [0.15, 0.2) is 0 Å². The van der Waals surface area contributed by atoms with Crippen LogP contribution in [0.25, 0.3) is 5.57 Å². The molecule has 0 amide bonds. The van der Waals surface area contributed by atoms with Crippen LogP contribution in [0.15, 0.2) is 55.1 Å². The van der Waals surface area contributed by atoms with Crippen molar-refractivity contribution in [2.75, 3.05) is 0 Å². The normalized spacial score (nSPS) is 24.3.